The van der Waals surface area contributed by atoms with Gasteiger partial charge in [-0.2, -0.15) is 0 Å². The fraction of sp³-hybridized carbons (Fsp3) is 0.625. The monoisotopic (exact) mass is 202 g/mol. The van der Waals surface area contributed by atoms with Crippen LogP contribution in [0.5, 0.6) is 0 Å². The van der Waals surface area contributed by atoms with Gasteiger partial charge in [-0.05, 0) is 6.42 Å². The Hall–Kier alpha value is -1.59. The van der Waals surface area contributed by atoms with Crippen LogP contribution in [0.1, 0.15) is 19.8 Å². The molecular weight excluding hydrogens is 188 g/mol. The van der Waals surface area contributed by atoms with Gasteiger partial charge in [0.25, 0.3) is 0 Å². The molecule has 6 nitrogen and oxygen atoms in total. The van der Waals surface area contributed by atoms with E-state index in [9.17, 15) is 14.4 Å². The molecule has 1 atom stereocenters. The topological polar surface area (TPSA) is 95.5 Å². The molecule has 0 spiro atoms. The molecule has 80 valence electrons. The number of aliphatic carboxylic acids is 1. The van der Waals surface area contributed by atoms with Gasteiger partial charge in [-0.15, -0.1) is 0 Å². The van der Waals surface area contributed by atoms with E-state index >= 15 is 0 Å². The highest BCUT2D eigenvalue weighted by atomic mass is 16.4. The third-order valence-electron chi connectivity index (χ3n) is 1.59. The lowest BCUT2D eigenvalue weighted by Crippen LogP contribution is -2.45. The maximum absolute atomic E-state index is 11.1. The number of amides is 2. The normalized spacial score (nSPS) is 11.6. The summed E-state index contributed by atoms with van der Waals surface area (Å²) in [5.41, 5.74) is 0. The molecule has 0 bridgehead atoms. The Bertz CT molecular complexity index is 239. The second-order valence-electron chi connectivity index (χ2n) is 2.80. The number of carboxylic acids is 1. The van der Waals surface area contributed by atoms with Crippen molar-refractivity contribution in [3.05, 3.63) is 0 Å². The van der Waals surface area contributed by atoms with E-state index in [4.69, 9.17) is 5.11 Å². The SMILES string of the molecule is CNC(=O)C(CCC(=O)O)NC(C)=O. The lowest BCUT2D eigenvalue weighted by molar-refractivity contribution is -0.137. The molecule has 14 heavy (non-hydrogen) atoms. The van der Waals surface area contributed by atoms with Crippen LogP contribution in [0.25, 0.3) is 0 Å². The standard InChI is InChI=1S/C8H14N2O4/c1-5(11)10-6(8(14)9-2)3-4-7(12)13/h6H,3-4H2,1-2H3,(H,9,14)(H,10,11)(H,12,13). The van der Waals surface area contributed by atoms with E-state index in [1.54, 1.807) is 0 Å². The largest absolute Gasteiger partial charge is 0.481 e. The molecule has 2 amide bonds. The number of carbonyl (C=O) groups excluding carboxylic acids is 2. The Kier molecular flexibility index (Phi) is 5.28. The van der Waals surface area contributed by atoms with Gasteiger partial charge in [0.05, 0.1) is 0 Å². The first-order valence-electron chi connectivity index (χ1n) is 4.18. The summed E-state index contributed by atoms with van der Waals surface area (Å²) in [5, 5.41) is 13.1. The Balaban J connectivity index is 4.17. The van der Waals surface area contributed by atoms with Gasteiger partial charge in [-0.25, -0.2) is 0 Å². The van der Waals surface area contributed by atoms with Gasteiger partial charge in [0.2, 0.25) is 11.8 Å². The Labute approximate surface area is 81.7 Å². The van der Waals surface area contributed by atoms with E-state index in [1.807, 2.05) is 0 Å². The first-order valence-corrected chi connectivity index (χ1v) is 4.18. The zero-order chi connectivity index (χ0) is 11.1. The van der Waals surface area contributed by atoms with Crippen LogP contribution in [0.4, 0.5) is 0 Å². The lowest BCUT2D eigenvalue weighted by Gasteiger charge is -2.14. The number of nitrogens with one attached hydrogen (secondary N) is 2. The second kappa shape index (κ2) is 5.95. The average Bonchev–Trinajstić information content (AvgIpc) is 2.10. The first-order chi connectivity index (χ1) is 6.47. The molecule has 0 aromatic heterocycles. The number of hydrogen-bond donors (Lipinski definition) is 3. The number of carbonyl (C=O) groups is 3. The zero-order valence-electron chi connectivity index (χ0n) is 8.16. The van der Waals surface area contributed by atoms with E-state index in [2.05, 4.69) is 10.6 Å². The van der Waals surface area contributed by atoms with Crippen LogP contribution in [0.15, 0.2) is 0 Å². The minimum atomic E-state index is -0.996. The highest BCUT2D eigenvalue weighted by molar-refractivity contribution is 5.87. The number of hydrogen-bond acceptors (Lipinski definition) is 3. The van der Waals surface area contributed by atoms with Crippen molar-refractivity contribution in [3.8, 4) is 0 Å². The molecule has 0 rings (SSSR count). The van der Waals surface area contributed by atoms with Gasteiger partial charge in [0.1, 0.15) is 6.04 Å². The average molecular weight is 202 g/mol. The smallest absolute Gasteiger partial charge is 0.303 e. The van der Waals surface area contributed by atoms with Crippen LogP contribution in [0, 0.1) is 0 Å². The van der Waals surface area contributed by atoms with E-state index in [0.29, 0.717) is 0 Å². The summed E-state index contributed by atoms with van der Waals surface area (Å²) in [4.78, 5) is 32.1. The van der Waals surface area contributed by atoms with Crippen LogP contribution in [0.3, 0.4) is 0 Å². The van der Waals surface area contributed by atoms with E-state index < -0.39 is 12.0 Å². The van der Waals surface area contributed by atoms with Crippen molar-refractivity contribution < 1.29 is 19.5 Å². The summed E-state index contributed by atoms with van der Waals surface area (Å²) in [7, 11) is 1.43. The molecule has 0 aliphatic heterocycles. The minimum absolute atomic E-state index is 0.0919. The molecule has 0 fully saturated rings. The molecule has 0 aliphatic carbocycles. The molecule has 0 saturated heterocycles. The number of rotatable bonds is 5. The molecule has 0 aromatic carbocycles. The van der Waals surface area contributed by atoms with Crippen molar-refractivity contribution in [2.45, 2.75) is 25.8 Å². The summed E-state index contributed by atoms with van der Waals surface area (Å²) in [5.74, 6) is -1.74. The fourth-order valence-electron chi connectivity index (χ4n) is 0.956. The quantitative estimate of drug-likeness (QED) is 0.538. The Morgan fingerprint density at radius 3 is 2.29 bits per heavy atom. The maximum Gasteiger partial charge on any atom is 0.303 e. The minimum Gasteiger partial charge on any atom is -0.481 e. The van der Waals surface area contributed by atoms with Crippen molar-refractivity contribution >= 4 is 17.8 Å². The predicted octanol–water partition coefficient (Wildman–Crippen LogP) is -0.898. The fourth-order valence-corrected chi connectivity index (χ4v) is 0.956. The van der Waals surface area contributed by atoms with Crippen LogP contribution >= 0.6 is 0 Å². The van der Waals surface area contributed by atoms with Gasteiger partial charge >= 0.3 is 5.97 Å². The number of carboxylic acid groups (broad SMARTS) is 1. The van der Waals surface area contributed by atoms with Crippen molar-refractivity contribution in [1.82, 2.24) is 10.6 Å². The van der Waals surface area contributed by atoms with Gasteiger partial charge in [0, 0.05) is 20.4 Å². The summed E-state index contributed by atoms with van der Waals surface area (Å²) >= 11 is 0. The summed E-state index contributed by atoms with van der Waals surface area (Å²) < 4.78 is 0. The molecule has 0 heterocycles. The molecule has 6 heteroatoms. The highest BCUT2D eigenvalue weighted by Crippen LogP contribution is 1.97. The van der Waals surface area contributed by atoms with Crippen LogP contribution in [-0.4, -0.2) is 36.0 Å². The maximum atomic E-state index is 11.1. The molecule has 1 unspecified atom stereocenters. The molecule has 0 saturated carbocycles. The predicted molar refractivity (Wildman–Crippen MR) is 48.5 cm³/mol. The van der Waals surface area contributed by atoms with Crippen LogP contribution in [0.2, 0.25) is 0 Å². The third kappa shape index (κ3) is 5.13. The van der Waals surface area contributed by atoms with Gasteiger partial charge in [0.15, 0.2) is 0 Å². The first kappa shape index (κ1) is 12.4. The molecular formula is C8H14N2O4. The zero-order valence-corrected chi connectivity index (χ0v) is 8.16. The van der Waals surface area contributed by atoms with Gasteiger partial charge < -0.3 is 15.7 Å². The van der Waals surface area contributed by atoms with Crippen LogP contribution < -0.4 is 10.6 Å². The highest BCUT2D eigenvalue weighted by Gasteiger charge is 2.18. The van der Waals surface area contributed by atoms with Crippen molar-refractivity contribution in [2.75, 3.05) is 7.05 Å². The van der Waals surface area contributed by atoms with Gasteiger partial charge in [-0.3, -0.25) is 14.4 Å². The molecule has 3 N–H and O–H groups in total. The summed E-state index contributed by atoms with van der Waals surface area (Å²) in [6, 6.07) is -0.770. The third-order valence-corrected chi connectivity index (χ3v) is 1.59. The van der Waals surface area contributed by atoms with Gasteiger partial charge in [-0.1, -0.05) is 0 Å². The van der Waals surface area contributed by atoms with Crippen molar-refractivity contribution in [3.63, 3.8) is 0 Å². The Morgan fingerprint density at radius 2 is 1.93 bits per heavy atom. The van der Waals surface area contributed by atoms with E-state index in [-0.39, 0.29) is 24.7 Å². The molecule has 0 radical (unpaired) electrons. The Morgan fingerprint density at radius 1 is 1.36 bits per heavy atom. The van der Waals surface area contributed by atoms with Crippen molar-refractivity contribution in [1.29, 1.82) is 0 Å². The lowest BCUT2D eigenvalue weighted by atomic mass is 10.1. The van der Waals surface area contributed by atoms with Crippen LogP contribution in [-0.2, 0) is 14.4 Å². The van der Waals surface area contributed by atoms with E-state index in [0.717, 1.165) is 0 Å². The number of likely N-dealkylation sites (N-methyl/N-ethyl adjacent to an activating group) is 1. The van der Waals surface area contributed by atoms with Crippen molar-refractivity contribution in [2.24, 2.45) is 0 Å². The summed E-state index contributed by atoms with van der Waals surface area (Å²) in [6.07, 6.45) is -0.0625. The molecule has 0 aromatic rings. The summed E-state index contributed by atoms with van der Waals surface area (Å²) in [6.45, 7) is 1.27. The molecule has 0 aliphatic rings. The van der Waals surface area contributed by atoms with E-state index in [1.165, 1.54) is 14.0 Å². The second-order valence-corrected chi connectivity index (χ2v) is 2.80.